The van der Waals surface area contributed by atoms with Gasteiger partial charge < -0.3 is 20.3 Å². The van der Waals surface area contributed by atoms with E-state index in [0.29, 0.717) is 13.1 Å². The van der Waals surface area contributed by atoms with Gasteiger partial charge in [-0.3, -0.25) is 0 Å². The molecule has 3 N–H and O–H groups in total. The first-order valence-electron chi connectivity index (χ1n) is 6.25. The molecule has 0 heterocycles. The highest BCUT2D eigenvalue weighted by atomic mass is 16.5. The normalized spacial score (nSPS) is 14.6. The highest BCUT2D eigenvalue weighted by Crippen LogP contribution is 2.16. The van der Waals surface area contributed by atoms with Gasteiger partial charge in [-0.25, -0.2) is 0 Å². The molecule has 0 aliphatic carbocycles. The van der Waals surface area contributed by atoms with Gasteiger partial charge in [0.15, 0.2) is 0 Å². The molecule has 2 atom stereocenters. The topological polar surface area (TPSA) is 61.7 Å². The van der Waals surface area contributed by atoms with Crippen LogP contribution in [0.25, 0.3) is 0 Å². The van der Waals surface area contributed by atoms with Gasteiger partial charge in [-0.1, -0.05) is 26.0 Å². The standard InChI is InChI=1S/C14H23NO3/c1-10(2)13(16)8-15-9-14(17)11-4-6-12(18-3)7-5-11/h4-7,10,13-17H,8-9H2,1-3H3. The van der Waals surface area contributed by atoms with E-state index < -0.39 is 6.10 Å². The van der Waals surface area contributed by atoms with Crippen LogP contribution in [0.3, 0.4) is 0 Å². The number of aliphatic hydroxyl groups excluding tert-OH is 2. The van der Waals surface area contributed by atoms with Gasteiger partial charge in [-0.05, 0) is 23.6 Å². The van der Waals surface area contributed by atoms with Crippen molar-refractivity contribution in [2.24, 2.45) is 5.92 Å². The van der Waals surface area contributed by atoms with Crippen LogP contribution in [0.4, 0.5) is 0 Å². The summed E-state index contributed by atoms with van der Waals surface area (Å²) in [4.78, 5) is 0. The average molecular weight is 253 g/mol. The fourth-order valence-corrected chi connectivity index (χ4v) is 1.55. The summed E-state index contributed by atoms with van der Waals surface area (Å²) in [6, 6.07) is 7.32. The summed E-state index contributed by atoms with van der Waals surface area (Å²) in [5, 5.41) is 22.6. The lowest BCUT2D eigenvalue weighted by atomic mass is 10.1. The molecule has 1 aromatic carbocycles. The molecule has 1 aromatic rings. The Labute approximate surface area is 109 Å². The molecule has 0 aromatic heterocycles. The summed E-state index contributed by atoms with van der Waals surface area (Å²) < 4.78 is 5.06. The Morgan fingerprint density at radius 2 is 1.72 bits per heavy atom. The third kappa shape index (κ3) is 4.64. The highest BCUT2D eigenvalue weighted by Gasteiger charge is 2.11. The Bertz CT molecular complexity index is 337. The van der Waals surface area contributed by atoms with Gasteiger partial charge in [0.25, 0.3) is 0 Å². The first-order valence-corrected chi connectivity index (χ1v) is 6.25. The van der Waals surface area contributed by atoms with Gasteiger partial charge in [0.1, 0.15) is 5.75 Å². The van der Waals surface area contributed by atoms with Gasteiger partial charge in [-0.15, -0.1) is 0 Å². The predicted octanol–water partition coefficient (Wildman–Crippen LogP) is 1.34. The summed E-state index contributed by atoms with van der Waals surface area (Å²) in [5.74, 6) is 0.991. The van der Waals surface area contributed by atoms with Crippen molar-refractivity contribution in [2.45, 2.75) is 26.1 Å². The quantitative estimate of drug-likeness (QED) is 0.686. The summed E-state index contributed by atoms with van der Waals surface area (Å²) in [5.41, 5.74) is 0.835. The second kappa shape index (κ2) is 7.36. The first kappa shape index (κ1) is 15.0. The monoisotopic (exact) mass is 253 g/mol. The van der Waals surface area contributed by atoms with E-state index in [2.05, 4.69) is 5.32 Å². The molecule has 0 bridgehead atoms. The first-order chi connectivity index (χ1) is 8.54. The van der Waals surface area contributed by atoms with Crippen LogP contribution in [-0.4, -0.2) is 36.5 Å². The maximum absolute atomic E-state index is 9.95. The molecule has 0 saturated heterocycles. The Morgan fingerprint density at radius 3 is 2.22 bits per heavy atom. The minimum absolute atomic E-state index is 0.218. The molecule has 0 fully saturated rings. The number of aliphatic hydroxyl groups is 2. The number of nitrogens with one attached hydrogen (secondary N) is 1. The van der Waals surface area contributed by atoms with E-state index in [9.17, 15) is 10.2 Å². The lowest BCUT2D eigenvalue weighted by Gasteiger charge is -2.17. The molecule has 0 aliphatic heterocycles. The zero-order valence-electron chi connectivity index (χ0n) is 11.3. The maximum atomic E-state index is 9.95. The molecular weight excluding hydrogens is 230 g/mol. The zero-order valence-corrected chi connectivity index (χ0v) is 11.3. The molecule has 0 amide bonds. The van der Waals surface area contributed by atoms with Crippen LogP contribution in [0.5, 0.6) is 5.75 Å². The second-order valence-corrected chi connectivity index (χ2v) is 4.76. The molecule has 0 radical (unpaired) electrons. The van der Waals surface area contributed by atoms with E-state index in [0.717, 1.165) is 11.3 Å². The Hall–Kier alpha value is -1.10. The maximum Gasteiger partial charge on any atom is 0.118 e. The van der Waals surface area contributed by atoms with Crippen molar-refractivity contribution in [1.29, 1.82) is 0 Å². The van der Waals surface area contributed by atoms with E-state index in [1.54, 1.807) is 7.11 Å². The highest BCUT2D eigenvalue weighted by molar-refractivity contribution is 5.28. The summed E-state index contributed by atoms with van der Waals surface area (Å²) in [7, 11) is 1.61. The average Bonchev–Trinajstić information content (AvgIpc) is 2.38. The van der Waals surface area contributed by atoms with Crippen molar-refractivity contribution < 1.29 is 14.9 Å². The van der Waals surface area contributed by atoms with Crippen molar-refractivity contribution >= 4 is 0 Å². The van der Waals surface area contributed by atoms with Crippen molar-refractivity contribution in [3.63, 3.8) is 0 Å². The fourth-order valence-electron chi connectivity index (χ4n) is 1.55. The van der Waals surface area contributed by atoms with E-state index >= 15 is 0 Å². The molecule has 2 unspecified atom stereocenters. The summed E-state index contributed by atoms with van der Waals surface area (Å²) in [6.07, 6.45) is -0.955. The number of hydrogen-bond donors (Lipinski definition) is 3. The third-order valence-corrected chi connectivity index (χ3v) is 2.96. The molecule has 102 valence electrons. The SMILES string of the molecule is COc1ccc(C(O)CNCC(O)C(C)C)cc1. The largest absolute Gasteiger partial charge is 0.497 e. The van der Waals surface area contributed by atoms with Crippen LogP contribution >= 0.6 is 0 Å². The van der Waals surface area contributed by atoms with E-state index in [1.165, 1.54) is 0 Å². The zero-order chi connectivity index (χ0) is 13.5. The van der Waals surface area contributed by atoms with E-state index in [-0.39, 0.29) is 12.0 Å². The van der Waals surface area contributed by atoms with Gasteiger partial charge in [-0.2, -0.15) is 0 Å². The van der Waals surface area contributed by atoms with Crippen molar-refractivity contribution in [3.8, 4) is 5.75 Å². The molecule has 1 rings (SSSR count). The lowest BCUT2D eigenvalue weighted by Crippen LogP contribution is -2.33. The van der Waals surface area contributed by atoms with Crippen LogP contribution in [0.2, 0.25) is 0 Å². The number of ether oxygens (including phenoxy) is 1. The molecule has 4 nitrogen and oxygen atoms in total. The smallest absolute Gasteiger partial charge is 0.118 e. The molecular formula is C14H23NO3. The lowest BCUT2D eigenvalue weighted by molar-refractivity contribution is 0.113. The van der Waals surface area contributed by atoms with Gasteiger partial charge in [0.2, 0.25) is 0 Å². The van der Waals surface area contributed by atoms with Crippen LogP contribution in [0, 0.1) is 5.92 Å². The third-order valence-electron chi connectivity index (χ3n) is 2.96. The summed E-state index contributed by atoms with van der Waals surface area (Å²) >= 11 is 0. The predicted molar refractivity (Wildman–Crippen MR) is 71.7 cm³/mol. The molecule has 4 heteroatoms. The van der Waals surface area contributed by atoms with Crippen molar-refractivity contribution in [3.05, 3.63) is 29.8 Å². The van der Waals surface area contributed by atoms with Crippen LogP contribution in [0.15, 0.2) is 24.3 Å². The molecule has 18 heavy (non-hydrogen) atoms. The van der Waals surface area contributed by atoms with Crippen molar-refractivity contribution in [2.75, 3.05) is 20.2 Å². The fraction of sp³-hybridized carbons (Fsp3) is 0.571. The van der Waals surface area contributed by atoms with Gasteiger partial charge in [0.05, 0.1) is 19.3 Å². The summed E-state index contributed by atoms with van der Waals surface area (Å²) in [6.45, 7) is 4.85. The van der Waals surface area contributed by atoms with Crippen LogP contribution in [0.1, 0.15) is 25.5 Å². The number of hydrogen-bond acceptors (Lipinski definition) is 4. The molecule has 0 aliphatic rings. The Balaban J connectivity index is 2.37. The van der Waals surface area contributed by atoms with Crippen LogP contribution < -0.4 is 10.1 Å². The van der Waals surface area contributed by atoms with Crippen LogP contribution in [-0.2, 0) is 0 Å². The van der Waals surface area contributed by atoms with Gasteiger partial charge >= 0.3 is 0 Å². The molecule has 0 spiro atoms. The van der Waals surface area contributed by atoms with E-state index in [4.69, 9.17) is 4.74 Å². The molecule has 0 saturated carbocycles. The number of rotatable bonds is 7. The number of benzene rings is 1. The second-order valence-electron chi connectivity index (χ2n) is 4.76. The van der Waals surface area contributed by atoms with Crippen molar-refractivity contribution in [1.82, 2.24) is 5.32 Å². The van der Waals surface area contributed by atoms with Gasteiger partial charge in [0, 0.05) is 13.1 Å². The van der Waals surface area contributed by atoms with E-state index in [1.807, 2.05) is 38.1 Å². The Kier molecular flexibility index (Phi) is 6.12. The Morgan fingerprint density at radius 1 is 1.11 bits per heavy atom. The number of methoxy groups -OCH3 is 1. The minimum atomic E-state index is -0.574. The minimum Gasteiger partial charge on any atom is -0.497 e.